The summed E-state index contributed by atoms with van der Waals surface area (Å²) in [5, 5.41) is 5.54. The number of sulfone groups is 1. The fourth-order valence-corrected chi connectivity index (χ4v) is 5.04. The second-order valence-electron chi connectivity index (χ2n) is 6.35. The Morgan fingerprint density at radius 2 is 1.87 bits per heavy atom. The summed E-state index contributed by atoms with van der Waals surface area (Å²) >= 11 is 0. The smallest absolute Gasteiger partial charge is 0.319 e. The van der Waals surface area contributed by atoms with Crippen LogP contribution < -0.4 is 15.5 Å². The molecule has 0 aliphatic carbocycles. The molecule has 1 aromatic rings. The van der Waals surface area contributed by atoms with Gasteiger partial charge in [0, 0.05) is 31.0 Å². The quantitative estimate of drug-likeness (QED) is 0.879. The zero-order valence-corrected chi connectivity index (χ0v) is 13.9. The third-order valence-corrected chi connectivity index (χ3v) is 6.31. The summed E-state index contributed by atoms with van der Waals surface area (Å²) in [6, 6.07) is 7.54. The van der Waals surface area contributed by atoms with Crippen molar-refractivity contribution >= 4 is 27.2 Å². The van der Waals surface area contributed by atoms with Crippen LogP contribution in [0.3, 0.4) is 0 Å². The van der Waals surface area contributed by atoms with Gasteiger partial charge in [0.15, 0.2) is 9.84 Å². The van der Waals surface area contributed by atoms with Gasteiger partial charge < -0.3 is 15.5 Å². The fourth-order valence-electron chi connectivity index (χ4n) is 3.18. The first-order valence-electron chi connectivity index (χ1n) is 8.12. The highest BCUT2D eigenvalue weighted by atomic mass is 32.2. The number of hydrogen-bond donors (Lipinski definition) is 2. The van der Waals surface area contributed by atoms with Crippen molar-refractivity contribution in [3.63, 3.8) is 0 Å². The molecule has 2 aliphatic rings. The molecule has 0 spiro atoms. The van der Waals surface area contributed by atoms with E-state index in [2.05, 4.69) is 15.5 Å². The molecular formula is C16H23N3O3S. The van der Waals surface area contributed by atoms with E-state index in [1.54, 1.807) is 0 Å². The van der Waals surface area contributed by atoms with Crippen molar-refractivity contribution in [2.75, 3.05) is 41.4 Å². The minimum Gasteiger partial charge on any atom is -0.372 e. The molecule has 2 N–H and O–H groups in total. The van der Waals surface area contributed by atoms with Crippen molar-refractivity contribution in [1.29, 1.82) is 0 Å². The van der Waals surface area contributed by atoms with Crippen LogP contribution in [0.25, 0.3) is 0 Å². The number of nitrogens with zero attached hydrogens (tertiary/aromatic N) is 1. The minimum atomic E-state index is -2.89. The zero-order valence-electron chi connectivity index (χ0n) is 13.1. The molecule has 1 unspecified atom stereocenters. The van der Waals surface area contributed by atoms with Gasteiger partial charge in [-0.05, 0) is 49.4 Å². The van der Waals surface area contributed by atoms with Crippen LogP contribution in [0.4, 0.5) is 16.2 Å². The third-order valence-electron chi connectivity index (χ3n) is 4.47. The largest absolute Gasteiger partial charge is 0.372 e. The van der Waals surface area contributed by atoms with Gasteiger partial charge in [0.1, 0.15) is 0 Å². The molecule has 0 aromatic heterocycles. The molecule has 23 heavy (non-hydrogen) atoms. The zero-order chi connectivity index (χ0) is 16.3. The van der Waals surface area contributed by atoms with Crippen molar-refractivity contribution in [3.05, 3.63) is 24.3 Å². The Hall–Kier alpha value is -1.76. The first-order chi connectivity index (χ1) is 11.0. The molecule has 2 fully saturated rings. The SMILES string of the molecule is O=C(NCC1CCS(=O)(=O)C1)Nc1ccc(N2CCCC2)cc1. The van der Waals surface area contributed by atoms with E-state index in [0.29, 0.717) is 13.0 Å². The van der Waals surface area contributed by atoms with Crippen LogP contribution in [0.2, 0.25) is 0 Å². The van der Waals surface area contributed by atoms with E-state index in [1.807, 2.05) is 24.3 Å². The van der Waals surface area contributed by atoms with Crippen molar-refractivity contribution < 1.29 is 13.2 Å². The lowest BCUT2D eigenvalue weighted by molar-refractivity contribution is 0.250. The summed E-state index contributed by atoms with van der Waals surface area (Å²) in [4.78, 5) is 14.2. The van der Waals surface area contributed by atoms with E-state index in [-0.39, 0.29) is 23.5 Å². The number of urea groups is 1. The first kappa shape index (κ1) is 16.1. The van der Waals surface area contributed by atoms with Crippen LogP contribution in [0.15, 0.2) is 24.3 Å². The summed E-state index contributed by atoms with van der Waals surface area (Å²) in [7, 11) is -2.89. The maximum Gasteiger partial charge on any atom is 0.319 e. The Kier molecular flexibility index (Phi) is 4.75. The van der Waals surface area contributed by atoms with E-state index in [1.165, 1.54) is 18.5 Å². The fraction of sp³-hybridized carbons (Fsp3) is 0.562. The molecule has 2 heterocycles. The molecule has 1 atom stereocenters. The maximum atomic E-state index is 11.9. The van der Waals surface area contributed by atoms with Crippen LogP contribution in [-0.2, 0) is 9.84 Å². The summed E-state index contributed by atoms with van der Waals surface area (Å²) in [6.45, 7) is 2.59. The normalized spacial score (nSPS) is 23.0. The Bertz CT molecular complexity index is 652. The molecule has 126 valence electrons. The number of hydrogen-bond acceptors (Lipinski definition) is 4. The van der Waals surface area contributed by atoms with Crippen LogP contribution in [0.1, 0.15) is 19.3 Å². The van der Waals surface area contributed by atoms with Crippen molar-refractivity contribution in [1.82, 2.24) is 5.32 Å². The van der Waals surface area contributed by atoms with Gasteiger partial charge in [0.2, 0.25) is 0 Å². The average molecular weight is 337 g/mol. The van der Waals surface area contributed by atoms with Gasteiger partial charge in [-0.3, -0.25) is 0 Å². The van der Waals surface area contributed by atoms with Gasteiger partial charge in [-0.1, -0.05) is 0 Å². The molecule has 2 aliphatic heterocycles. The van der Waals surface area contributed by atoms with E-state index in [4.69, 9.17) is 0 Å². The predicted octanol–water partition coefficient (Wildman–Crippen LogP) is 1.84. The van der Waals surface area contributed by atoms with Gasteiger partial charge >= 0.3 is 6.03 Å². The molecule has 2 saturated heterocycles. The lowest BCUT2D eigenvalue weighted by Gasteiger charge is -2.18. The molecule has 6 nitrogen and oxygen atoms in total. The number of amides is 2. The first-order valence-corrected chi connectivity index (χ1v) is 9.94. The number of nitrogens with one attached hydrogen (secondary N) is 2. The van der Waals surface area contributed by atoms with Crippen molar-refractivity contribution in [2.45, 2.75) is 19.3 Å². The molecule has 1 aromatic carbocycles. The van der Waals surface area contributed by atoms with E-state index in [9.17, 15) is 13.2 Å². The number of carbonyl (C=O) groups is 1. The van der Waals surface area contributed by atoms with Gasteiger partial charge in [-0.2, -0.15) is 0 Å². The lowest BCUT2D eigenvalue weighted by atomic mass is 10.1. The van der Waals surface area contributed by atoms with Crippen LogP contribution in [0, 0.1) is 5.92 Å². The number of anilines is 2. The highest BCUT2D eigenvalue weighted by Gasteiger charge is 2.27. The summed E-state index contributed by atoms with van der Waals surface area (Å²) in [5.41, 5.74) is 1.93. The Labute approximate surface area is 137 Å². The predicted molar refractivity (Wildman–Crippen MR) is 91.7 cm³/mol. The minimum absolute atomic E-state index is 0.0308. The molecule has 0 saturated carbocycles. The number of benzene rings is 1. The maximum absolute atomic E-state index is 11.9. The van der Waals surface area contributed by atoms with Crippen LogP contribution in [0.5, 0.6) is 0 Å². The van der Waals surface area contributed by atoms with E-state index < -0.39 is 9.84 Å². The molecule has 3 rings (SSSR count). The lowest BCUT2D eigenvalue weighted by Crippen LogP contribution is -2.33. The Morgan fingerprint density at radius 3 is 2.48 bits per heavy atom. The Morgan fingerprint density at radius 1 is 1.17 bits per heavy atom. The van der Waals surface area contributed by atoms with E-state index in [0.717, 1.165) is 18.8 Å². The second kappa shape index (κ2) is 6.78. The van der Waals surface area contributed by atoms with Crippen molar-refractivity contribution in [3.8, 4) is 0 Å². The summed E-state index contributed by atoms with van der Waals surface area (Å²) in [6.07, 6.45) is 3.10. The average Bonchev–Trinajstić information content (AvgIpc) is 3.15. The molecule has 2 amide bonds. The highest BCUT2D eigenvalue weighted by molar-refractivity contribution is 7.91. The van der Waals surface area contributed by atoms with Crippen molar-refractivity contribution in [2.24, 2.45) is 5.92 Å². The van der Waals surface area contributed by atoms with Gasteiger partial charge in [-0.15, -0.1) is 0 Å². The molecule has 7 heteroatoms. The van der Waals surface area contributed by atoms with E-state index >= 15 is 0 Å². The molecule has 0 bridgehead atoms. The summed E-state index contributed by atoms with van der Waals surface area (Å²) < 4.78 is 22.8. The van der Waals surface area contributed by atoms with Gasteiger partial charge in [-0.25, -0.2) is 13.2 Å². The second-order valence-corrected chi connectivity index (χ2v) is 8.57. The summed E-state index contributed by atoms with van der Waals surface area (Å²) in [5.74, 6) is 0.444. The molecule has 0 radical (unpaired) electrons. The standard InChI is InChI=1S/C16H23N3O3S/c20-16(17-11-13-7-10-23(21,22)12-13)18-14-3-5-15(6-4-14)19-8-1-2-9-19/h3-6,13H,1-2,7-12H2,(H2,17,18,20). The monoisotopic (exact) mass is 337 g/mol. The number of carbonyl (C=O) groups excluding carboxylic acids is 1. The Balaban J connectivity index is 1.46. The third kappa shape index (κ3) is 4.37. The molecular weight excluding hydrogens is 314 g/mol. The van der Waals surface area contributed by atoms with Crippen LogP contribution >= 0.6 is 0 Å². The number of rotatable bonds is 4. The highest BCUT2D eigenvalue weighted by Crippen LogP contribution is 2.22. The van der Waals surface area contributed by atoms with Gasteiger partial charge in [0.05, 0.1) is 11.5 Å². The van der Waals surface area contributed by atoms with Crippen LogP contribution in [-0.4, -0.2) is 45.6 Å². The van der Waals surface area contributed by atoms with Gasteiger partial charge in [0.25, 0.3) is 0 Å². The topological polar surface area (TPSA) is 78.5 Å².